The van der Waals surface area contributed by atoms with E-state index >= 15 is 0 Å². The Morgan fingerprint density at radius 1 is 1.17 bits per heavy atom. The van der Waals surface area contributed by atoms with Crippen molar-refractivity contribution in [1.82, 2.24) is 4.90 Å². The van der Waals surface area contributed by atoms with Gasteiger partial charge in [-0.05, 0) is 43.4 Å². The molecule has 1 heterocycles. The van der Waals surface area contributed by atoms with Gasteiger partial charge in [0.15, 0.2) is 9.84 Å². The van der Waals surface area contributed by atoms with E-state index in [0.717, 1.165) is 17.4 Å². The van der Waals surface area contributed by atoms with Gasteiger partial charge in [-0.3, -0.25) is 0 Å². The summed E-state index contributed by atoms with van der Waals surface area (Å²) < 4.78 is 29.7. The zero-order chi connectivity index (χ0) is 17.5. The zero-order valence-corrected chi connectivity index (χ0v) is 14.8. The van der Waals surface area contributed by atoms with Crippen molar-refractivity contribution in [3.05, 3.63) is 59.2 Å². The van der Waals surface area contributed by atoms with Crippen LogP contribution in [0.5, 0.6) is 5.75 Å². The molecule has 0 bridgehead atoms. The molecule has 5 nitrogen and oxygen atoms in total. The number of benzene rings is 2. The van der Waals surface area contributed by atoms with Crippen LogP contribution in [0.1, 0.15) is 16.7 Å². The fraction of sp³-hybridized carbons (Fsp3) is 0.333. The third kappa shape index (κ3) is 2.92. The molecule has 24 heavy (non-hydrogen) atoms. The molecule has 0 spiro atoms. The highest BCUT2D eigenvalue weighted by atomic mass is 32.2. The average Bonchev–Trinajstić information content (AvgIpc) is 2.62. The van der Waals surface area contributed by atoms with E-state index in [0.29, 0.717) is 24.5 Å². The van der Waals surface area contributed by atoms with Gasteiger partial charge in [0.1, 0.15) is 18.0 Å². The van der Waals surface area contributed by atoms with Crippen LogP contribution in [-0.4, -0.2) is 45.3 Å². The van der Waals surface area contributed by atoms with Crippen molar-refractivity contribution < 1.29 is 18.3 Å². The van der Waals surface area contributed by atoms with Crippen molar-refractivity contribution in [2.45, 2.75) is 17.1 Å². The number of ether oxygens (including phenoxy) is 1. The Bertz CT molecular complexity index is 876. The Hall–Kier alpha value is -1.89. The van der Waals surface area contributed by atoms with Crippen molar-refractivity contribution in [2.75, 3.05) is 26.9 Å². The summed E-state index contributed by atoms with van der Waals surface area (Å²) in [6.45, 7) is 0.644. The molecule has 0 aliphatic carbocycles. The van der Waals surface area contributed by atoms with E-state index in [9.17, 15) is 13.5 Å². The maximum absolute atomic E-state index is 12.0. The van der Waals surface area contributed by atoms with Crippen LogP contribution in [0.3, 0.4) is 0 Å². The van der Waals surface area contributed by atoms with E-state index in [2.05, 4.69) is 0 Å². The summed E-state index contributed by atoms with van der Waals surface area (Å²) in [6, 6.07) is 12.2. The molecular weight excluding hydrogens is 326 g/mol. The predicted molar refractivity (Wildman–Crippen MR) is 91.9 cm³/mol. The Kier molecular flexibility index (Phi) is 4.15. The van der Waals surface area contributed by atoms with E-state index in [1.54, 1.807) is 6.07 Å². The molecule has 0 amide bonds. The quantitative estimate of drug-likeness (QED) is 0.917. The van der Waals surface area contributed by atoms with Crippen LogP contribution in [-0.2, 0) is 22.0 Å². The van der Waals surface area contributed by atoms with Gasteiger partial charge in [0.05, 0.1) is 4.90 Å². The number of hydrogen-bond acceptors (Lipinski definition) is 5. The molecule has 1 N–H and O–H groups in total. The van der Waals surface area contributed by atoms with Crippen molar-refractivity contribution in [1.29, 1.82) is 0 Å². The monoisotopic (exact) mass is 347 g/mol. The van der Waals surface area contributed by atoms with Crippen LogP contribution in [0.15, 0.2) is 47.4 Å². The normalized spacial score (nSPS) is 20.0. The molecule has 0 saturated heterocycles. The molecule has 6 heteroatoms. The summed E-state index contributed by atoms with van der Waals surface area (Å²) in [5.74, 6) is 0.503. The van der Waals surface area contributed by atoms with Crippen molar-refractivity contribution >= 4 is 9.84 Å². The zero-order valence-electron chi connectivity index (χ0n) is 14.0. The summed E-state index contributed by atoms with van der Waals surface area (Å²) in [4.78, 5) is 2.04. The second kappa shape index (κ2) is 5.88. The van der Waals surface area contributed by atoms with Gasteiger partial charge in [-0.2, -0.15) is 0 Å². The number of rotatable bonds is 3. The first kappa shape index (κ1) is 17.0. The number of likely N-dealkylation sites (N-methyl/N-ethyl adjacent to an activating group) is 1. The third-order valence-electron chi connectivity index (χ3n) is 4.22. The van der Waals surface area contributed by atoms with Crippen LogP contribution < -0.4 is 4.74 Å². The van der Waals surface area contributed by atoms with Crippen LogP contribution in [0, 0.1) is 0 Å². The summed E-state index contributed by atoms with van der Waals surface area (Å²) in [5, 5.41) is 11.6. The Morgan fingerprint density at radius 3 is 2.54 bits per heavy atom. The van der Waals surface area contributed by atoms with Gasteiger partial charge >= 0.3 is 0 Å². The highest BCUT2D eigenvalue weighted by Gasteiger charge is 2.39. The van der Waals surface area contributed by atoms with Gasteiger partial charge in [0.2, 0.25) is 0 Å². The molecule has 0 aromatic heterocycles. The molecule has 0 radical (unpaired) electrons. The average molecular weight is 347 g/mol. The predicted octanol–water partition coefficient (Wildman–Crippen LogP) is 1.78. The first-order valence-corrected chi connectivity index (χ1v) is 9.54. The Balaban J connectivity index is 2.30. The van der Waals surface area contributed by atoms with Gasteiger partial charge in [-0.1, -0.05) is 24.3 Å². The smallest absolute Gasteiger partial charge is 0.175 e. The summed E-state index contributed by atoms with van der Waals surface area (Å²) in [7, 11) is 0.350. The lowest BCUT2D eigenvalue weighted by Crippen LogP contribution is -2.39. The maximum atomic E-state index is 12.0. The Labute approximate surface area is 142 Å². The minimum absolute atomic E-state index is 0.168. The third-order valence-corrected chi connectivity index (χ3v) is 5.33. The van der Waals surface area contributed by atoms with E-state index in [1.807, 2.05) is 43.3 Å². The van der Waals surface area contributed by atoms with Gasteiger partial charge in [-0.15, -0.1) is 0 Å². The number of aliphatic hydroxyl groups is 1. The first-order valence-electron chi connectivity index (χ1n) is 7.65. The second-order valence-corrected chi connectivity index (χ2v) is 8.49. The van der Waals surface area contributed by atoms with Crippen LogP contribution >= 0.6 is 0 Å². The van der Waals surface area contributed by atoms with Crippen molar-refractivity contribution in [3.63, 3.8) is 0 Å². The lowest BCUT2D eigenvalue weighted by atomic mass is 9.83. The minimum atomic E-state index is -3.38. The largest absolute Gasteiger partial charge is 0.488 e. The lowest BCUT2D eigenvalue weighted by Gasteiger charge is -2.32. The topological polar surface area (TPSA) is 66.8 Å². The van der Waals surface area contributed by atoms with Gasteiger partial charge in [0.25, 0.3) is 0 Å². The summed E-state index contributed by atoms with van der Waals surface area (Å²) in [5.41, 5.74) is 0.748. The standard InChI is InChI=1S/C18H21NO4S/c1-19(2)12-18(20)15-7-5-4-6-13(15)11-23-17-9-8-14(10-16(17)18)24(3,21)22/h4-10,20H,11-12H2,1-3H3. The molecule has 2 aromatic carbocycles. The summed E-state index contributed by atoms with van der Waals surface area (Å²) in [6.07, 6.45) is 1.16. The van der Waals surface area contributed by atoms with Crippen LogP contribution in [0.2, 0.25) is 0 Å². The Morgan fingerprint density at radius 2 is 1.88 bits per heavy atom. The fourth-order valence-electron chi connectivity index (χ4n) is 3.17. The molecule has 0 fully saturated rings. The second-order valence-electron chi connectivity index (χ2n) is 6.47. The molecular formula is C18H21NO4S. The highest BCUT2D eigenvalue weighted by molar-refractivity contribution is 7.90. The molecule has 2 aromatic rings. The van der Waals surface area contributed by atoms with Crippen molar-refractivity contribution in [2.24, 2.45) is 0 Å². The molecule has 1 atom stereocenters. The lowest BCUT2D eigenvalue weighted by molar-refractivity contribution is 0.0506. The number of fused-ring (bicyclic) bond motifs is 2. The number of nitrogens with zero attached hydrogens (tertiary/aromatic N) is 1. The van der Waals surface area contributed by atoms with E-state index in [1.165, 1.54) is 12.1 Å². The van der Waals surface area contributed by atoms with Gasteiger partial charge in [-0.25, -0.2) is 8.42 Å². The number of sulfone groups is 1. The minimum Gasteiger partial charge on any atom is -0.488 e. The van der Waals surface area contributed by atoms with Gasteiger partial charge in [0, 0.05) is 18.4 Å². The molecule has 0 saturated carbocycles. The van der Waals surface area contributed by atoms with Crippen LogP contribution in [0.4, 0.5) is 0 Å². The maximum Gasteiger partial charge on any atom is 0.175 e. The van der Waals surface area contributed by atoms with E-state index in [-0.39, 0.29) is 4.90 Å². The summed E-state index contributed by atoms with van der Waals surface area (Å²) >= 11 is 0. The van der Waals surface area contributed by atoms with Crippen molar-refractivity contribution in [3.8, 4) is 5.75 Å². The first-order chi connectivity index (χ1) is 11.2. The van der Waals surface area contributed by atoms with Gasteiger partial charge < -0.3 is 14.7 Å². The van der Waals surface area contributed by atoms with E-state index in [4.69, 9.17) is 4.74 Å². The van der Waals surface area contributed by atoms with Crippen LogP contribution in [0.25, 0.3) is 0 Å². The highest BCUT2D eigenvalue weighted by Crippen LogP contribution is 2.41. The molecule has 128 valence electrons. The molecule has 1 aliphatic rings. The molecule has 1 aliphatic heterocycles. The molecule has 1 unspecified atom stereocenters. The molecule has 3 rings (SSSR count). The van der Waals surface area contributed by atoms with E-state index < -0.39 is 15.4 Å². The number of hydrogen-bond donors (Lipinski definition) is 1. The fourth-order valence-corrected chi connectivity index (χ4v) is 3.81. The SMILES string of the molecule is CN(C)CC1(O)c2ccccc2COc2ccc(S(C)(=O)=O)cc21.